The van der Waals surface area contributed by atoms with Gasteiger partial charge in [-0.25, -0.2) is 13.2 Å². The summed E-state index contributed by atoms with van der Waals surface area (Å²) in [6, 6.07) is 5.88. The Morgan fingerprint density at radius 1 is 1.30 bits per heavy atom. The van der Waals surface area contributed by atoms with E-state index in [0.29, 0.717) is 18.5 Å². The smallest absolute Gasteiger partial charge is 0.354 e. The summed E-state index contributed by atoms with van der Waals surface area (Å²) in [6.07, 6.45) is 2.37. The fourth-order valence-electron chi connectivity index (χ4n) is 3.46. The first-order valence-corrected chi connectivity index (χ1v) is 11.8. The summed E-state index contributed by atoms with van der Waals surface area (Å²) < 4.78 is 35.0. The van der Waals surface area contributed by atoms with E-state index in [1.54, 1.807) is 20.0 Å². The van der Waals surface area contributed by atoms with Crippen molar-refractivity contribution in [3.05, 3.63) is 46.2 Å². The lowest BCUT2D eigenvalue weighted by atomic mass is 10.2. The van der Waals surface area contributed by atoms with Gasteiger partial charge in [0.15, 0.2) is 0 Å². The van der Waals surface area contributed by atoms with Crippen molar-refractivity contribution in [3.63, 3.8) is 0 Å². The second-order valence-corrected chi connectivity index (χ2v) is 9.86. The summed E-state index contributed by atoms with van der Waals surface area (Å²) in [5, 5.41) is 2.81. The van der Waals surface area contributed by atoms with Crippen LogP contribution in [-0.2, 0) is 26.6 Å². The van der Waals surface area contributed by atoms with Crippen LogP contribution in [-0.4, -0.2) is 48.4 Å². The Morgan fingerprint density at radius 2 is 2.03 bits per heavy atom. The zero-order chi connectivity index (χ0) is 22.1. The number of hydrogen-bond acceptors (Lipinski definition) is 5. The van der Waals surface area contributed by atoms with Crippen molar-refractivity contribution in [3.8, 4) is 0 Å². The second-order valence-electron chi connectivity index (χ2n) is 7.12. The minimum Gasteiger partial charge on any atom is -0.461 e. The molecule has 1 amide bonds. The minimum absolute atomic E-state index is 0.0350. The van der Waals surface area contributed by atoms with Crippen molar-refractivity contribution in [2.45, 2.75) is 37.6 Å². The third-order valence-corrected chi connectivity index (χ3v) is 7.77. The molecule has 1 aliphatic rings. The van der Waals surface area contributed by atoms with E-state index in [1.807, 2.05) is 19.1 Å². The summed E-state index contributed by atoms with van der Waals surface area (Å²) in [5.74, 6) is -0.970. The van der Waals surface area contributed by atoms with E-state index in [4.69, 9.17) is 4.74 Å². The van der Waals surface area contributed by atoms with Crippen molar-refractivity contribution in [1.82, 2.24) is 8.87 Å². The molecule has 1 saturated heterocycles. The molecule has 0 saturated carbocycles. The van der Waals surface area contributed by atoms with Gasteiger partial charge in [-0.2, -0.15) is 4.31 Å². The largest absolute Gasteiger partial charge is 0.461 e. The van der Waals surface area contributed by atoms with Crippen LogP contribution in [0.25, 0.3) is 0 Å². The van der Waals surface area contributed by atoms with Crippen molar-refractivity contribution >= 4 is 43.5 Å². The number of ether oxygens (including phenoxy) is 1. The van der Waals surface area contributed by atoms with E-state index in [0.717, 1.165) is 10.0 Å². The quantitative estimate of drug-likeness (QED) is 0.618. The Bertz CT molecular complexity index is 1080. The maximum atomic E-state index is 13.2. The third-order valence-electron chi connectivity index (χ3n) is 5.00. The van der Waals surface area contributed by atoms with Gasteiger partial charge in [0.25, 0.3) is 0 Å². The lowest BCUT2D eigenvalue weighted by molar-refractivity contribution is -0.119. The van der Waals surface area contributed by atoms with Crippen LogP contribution in [0.3, 0.4) is 0 Å². The SMILES string of the molecule is CCOC(=O)c1cc(S(=O)(=O)N2CCC[C@@H]2C(=O)Nc2ccc(Br)c(C)c2)cn1C. The number of amides is 1. The van der Waals surface area contributed by atoms with Gasteiger partial charge in [-0.1, -0.05) is 15.9 Å². The molecule has 8 nitrogen and oxygen atoms in total. The first-order valence-electron chi connectivity index (χ1n) is 9.57. The Labute approximate surface area is 184 Å². The molecule has 1 aliphatic heterocycles. The molecular weight excluding hydrogens is 474 g/mol. The molecule has 1 aromatic heterocycles. The number of esters is 1. The van der Waals surface area contributed by atoms with Gasteiger partial charge < -0.3 is 14.6 Å². The molecule has 30 heavy (non-hydrogen) atoms. The first kappa shape index (κ1) is 22.5. The van der Waals surface area contributed by atoms with Crippen LogP contribution in [0, 0.1) is 6.92 Å². The van der Waals surface area contributed by atoms with Crippen LogP contribution in [0.2, 0.25) is 0 Å². The standard InChI is InChI=1S/C20H24BrN3O5S/c1-4-29-20(26)18-11-15(12-23(18)3)30(27,28)24-9-5-6-17(24)19(25)22-14-7-8-16(21)13(2)10-14/h7-8,10-12,17H,4-6,9H2,1-3H3,(H,22,25)/t17-/m1/s1. The van der Waals surface area contributed by atoms with Crippen molar-refractivity contribution < 1.29 is 22.7 Å². The van der Waals surface area contributed by atoms with Gasteiger partial charge in [-0.3, -0.25) is 4.79 Å². The van der Waals surface area contributed by atoms with Crippen LogP contribution < -0.4 is 5.32 Å². The normalized spacial score (nSPS) is 17.1. The maximum Gasteiger partial charge on any atom is 0.354 e. The molecule has 0 spiro atoms. The second kappa shape index (κ2) is 8.91. The Kier molecular flexibility index (Phi) is 6.68. The van der Waals surface area contributed by atoms with Crippen LogP contribution in [0.15, 0.2) is 39.8 Å². The number of nitrogens with zero attached hydrogens (tertiary/aromatic N) is 2. The number of anilines is 1. The van der Waals surface area contributed by atoms with Gasteiger partial charge in [0.2, 0.25) is 15.9 Å². The molecule has 0 bridgehead atoms. The van der Waals surface area contributed by atoms with Crippen molar-refractivity contribution in [1.29, 1.82) is 0 Å². The Balaban J connectivity index is 1.83. The van der Waals surface area contributed by atoms with Crippen molar-refractivity contribution in [2.24, 2.45) is 7.05 Å². The van der Waals surface area contributed by atoms with E-state index < -0.39 is 22.0 Å². The highest BCUT2D eigenvalue weighted by atomic mass is 79.9. The van der Waals surface area contributed by atoms with Gasteiger partial charge in [0.1, 0.15) is 16.6 Å². The number of rotatable bonds is 6. The summed E-state index contributed by atoms with van der Waals surface area (Å²) in [5.41, 5.74) is 1.70. The molecule has 2 aromatic rings. The summed E-state index contributed by atoms with van der Waals surface area (Å²) in [6.45, 7) is 4.01. The fourth-order valence-corrected chi connectivity index (χ4v) is 5.43. The van der Waals surface area contributed by atoms with E-state index >= 15 is 0 Å². The Morgan fingerprint density at radius 3 is 2.70 bits per heavy atom. The molecule has 0 radical (unpaired) electrons. The van der Waals surface area contributed by atoms with Crippen LogP contribution in [0.4, 0.5) is 5.69 Å². The zero-order valence-electron chi connectivity index (χ0n) is 17.0. The van der Waals surface area contributed by atoms with E-state index in [2.05, 4.69) is 21.2 Å². The molecule has 162 valence electrons. The lowest BCUT2D eigenvalue weighted by Crippen LogP contribution is -2.43. The third kappa shape index (κ3) is 4.45. The number of hydrogen-bond donors (Lipinski definition) is 1. The maximum absolute atomic E-state index is 13.2. The number of sulfonamides is 1. The number of nitrogens with one attached hydrogen (secondary N) is 1. The Hall–Kier alpha value is -2.17. The molecule has 1 fully saturated rings. The topological polar surface area (TPSA) is 97.7 Å². The minimum atomic E-state index is -3.95. The number of aryl methyl sites for hydroxylation is 2. The molecule has 1 aromatic carbocycles. The predicted octanol–water partition coefficient (Wildman–Crippen LogP) is 3.06. The number of halogens is 1. The van der Waals surface area contributed by atoms with Gasteiger partial charge in [0, 0.05) is 29.9 Å². The van der Waals surface area contributed by atoms with Crippen molar-refractivity contribution in [2.75, 3.05) is 18.5 Å². The van der Waals surface area contributed by atoms with Crippen LogP contribution >= 0.6 is 15.9 Å². The average Bonchev–Trinajstić information content (AvgIpc) is 3.32. The van der Waals surface area contributed by atoms with Gasteiger partial charge in [-0.05, 0) is 56.5 Å². The molecule has 2 heterocycles. The van der Waals surface area contributed by atoms with Crippen LogP contribution in [0.5, 0.6) is 0 Å². The van der Waals surface area contributed by atoms with Crippen LogP contribution in [0.1, 0.15) is 35.8 Å². The number of carbonyl (C=O) groups is 2. The number of benzene rings is 1. The van der Waals surface area contributed by atoms with Gasteiger partial charge in [-0.15, -0.1) is 0 Å². The molecule has 3 rings (SSSR count). The van der Waals surface area contributed by atoms with Gasteiger partial charge >= 0.3 is 5.97 Å². The average molecular weight is 498 g/mol. The summed E-state index contributed by atoms with van der Waals surface area (Å²) in [4.78, 5) is 24.9. The highest BCUT2D eigenvalue weighted by Crippen LogP contribution is 2.28. The zero-order valence-corrected chi connectivity index (χ0v) is 19.4. The predicted molar refractivity (Wildman–Crippen MR) is 116 cm³/mol. The molecule has 0 aliphatic carbocycles. The number of carbonyl (C=O) groups excluding carboxylic acids is 2. The lowest BCUT2D eigenvalue weighted by Gasteiger charge is -2.23. The monoisotopic (exact) mass is 497 g/mol. The molecule has 1 atom stereocenters. The summed E-state index contributed by atoms with van der Waals surface area (Å²) >= 11 is 3.42. The van der Waals surface area contributed by atoms with E-state index in [9.17, 15) is 18.0 Å². The molecule has 10 heteroatoms. The molecular formula is C20H24BrN3O5S. The van der Waals surface area contributed by atoms with E-state index in [1.165, 1.54) is 21.1 Å². The fraction of sp³-hybridized carbons (Fsp3) is 0.400. The van der Waals surface area contributed by atoms with Gasteiger partial charge in [0.05, 0.1) is 6.61 Å². The molecule has 1 N–H and O–H groups in total. The van der Waals surface area contributed by atoms with E-state index in [-0.39, 0.29) is 29.6 Å². The number of aromatic nitrogens is 1. The highest BCUT2D eigenvalue weighted by molar-refractivity contribution is 9.10. The summed E-state index contributed by atoms with van der Waals surface area (Å²) in [7, 11) is -2.38. The first-order chi connectivity index (χ1) is 14.1. The molecule has 0 unspecified atom stereocenters. The highest BCUT2D eigenvalue weighted by Gasteiger charge is 2.40.